The van der Waals surface area contributed by atoms with Crippen molar-refractivity contribution < 1.29 is 8.78 Å². The molecule has 68 valence electrons. The SMILES string of the molecule is Cc1ccc2nnc(C(F)F)n2c1. The number of pyridine rings is 1. The molecule has 0 saturated heterocycles. The van der Waals surface area contributed by atoms with Crippen LogP contribution in [0.2, 0.25) is 0 Å². The molecular formula is C8H7F2N3. The molecule has 0 spiro atoms. The van der Waals surface area contributed by atoms with Gasteiger partial charge in [-0.25, -0.2) is 8.78 Å². The maximum atomic E-state index is 12.3. The number of halogens is 2. The Kier molecular flexibility index (Phi) is 1.72. The minimum Gasteiger partial charge on any atom is -0.281 e. The third-order valence-electron chi connectivity index (χ3n) is 1.77. The van der Waals surface area contributed by atoms with Gasteiger partial charge in [-0.3, -0.25) is 4.40 Å². The summed E-state index contributed by atoms with van der Waals surface area (Å²) in [6, 6.07) is 3.47. The summed E-state index contributed by atoms with van der Waals surface area (Å²) >= 11 is 0. The molecule has 0 aliphatic heterocycles. The highest BCUT2D eigenvalue weighted by Crippen LogP contribution is 2.17. The zero-order valence-corrected chi connectivity index (χ0v) is 6.91. The Balaban J connectivity index is 2.71. The summed E-state index contributed by atoms with van der Waals surface area (Å²) in [5.74, 6) is -0.307. The van der Waals surface area contributed by atoms with Crippen LogP contribution in [0.5, 0.6) is 0 Å². The van der Waals surface area contributed by atoms with Gasteiger partial charge in [0.15, 0.2) is 5.65 Å². The molecule has 13 heavy (non-hydrogen) atoms. The van der Waals surface area contributed by atoms with Crippen LogP contribution in [0.3, 0.4) is 0 Å². The lowest BCUT2D eigenvalue weighted by molar-refractivity contribution is 0.139. The second-order valence-corrected chi connectivity index (χ2v) is 2.79. The minimum absolute atomic E-state index is 0.307. The van der Waals surface area contributed by atoms with Crippen molar-refractivity contribution in [1.82, 2.24) is 14.6 Å². The van der Waals surface area contributed by atoms with Gasteiger partial charge in [0.2, 0.25) is 5.82 Å². The molecule has 0 aromatic carbocycles. The first-order valence-electron chi connectivity index (χ1n) is 3.78. The summed E-state index contributed by atoms with van der Waals surface area (Å²) in [5, 5.41) is 7.01. The van der Waals surface area contributed by atoms with Gasteiger partial charge in [-0.05, 0) is 18.6 Å². The van der Waals surface area contributed by atoms with E-state index < -0.39 is 6.43 Å². The molecule has 0 bridgehead atoms. The fourth-order valence-electron chi connectivity index (χ4n) is 1.16. The molecule has 2 heterocycles. The van der Waals surface area contributed by atoms with E-state index in [9.17, 15) is 8.78 Å². The van der Waals surface area contributed by atoms with Crippen molar-refractivity contribution in [2.75, 3.05) is 0 Å². The van der Waals surface area contributed by atoms with Crippen LogP contribution in [-0.4, -0.2) is 14.6 Å². The molecule has 0 unspecified atom stereocenters. The predicted octanol–water partition coefficient (Wildman–Crippen LogP) is 1.98. The van der Waals surface area contributed by atoms with Crippen molar-refractivity contribution in [3.05, 3.63) is 29.7 Å². The van der Waals surface area contributed by atoms with Crippen LogP contribution in [0.1, 0.15) is 17.8 Å². The van der Waals surface area contributed by atoms with E-state index in [1.54, 1.807) is 18.3 Å². The minimum atomic E-state index is -2.59. The highest BCUT2D eigenvalue weighted by atomic mass is 19.3. The molecule has 2 aromatic heterocycles. The van der Waals surface area contributed by atoms with Gasteiger partial charge in [0.05, 0.1) is 0 Å². The van der Waals surface area contributed by atoms with E-state index >= 15 is 0 Å². The molecule has 0 radical (unpaired) electrons. The quantitative estimate of drug-likeness (QED) is 0.676. The van der Waals surface area contributed by atoms with E-state index in [-0.39, 0.29) is 5.82 Å². The first-order chi connectivity index (χ1) is 6.18. The van der Waals surface area contributed by atoms with Crippen molar-refractivity contribution in [2.24, 2.45) is 0 Å². The van der Waals surface area contributed by atoms with Crippen LogP contribution < -0.4 is 0 Å². The molecule has 2 rings (SSSR count). The third-order valence-corrected chi connectivity index (χ3v) is 1.77. The number of rotatable bonds is 1. The number of hydrogen-bond acceptors (Lipinski definition) is 2. The van der Waals surface area contributed by atoms with Crippen LogP contribution in [0.4, 0.5) is 8.78 Å². The highest BCUT2D eigenvalue weighted by Gasteiger charge is 2.14. The monoisotopic (exact) mass is 183 g/mol. The van der Waals surface area contributed by atoms with Crippen molar-refractivity contribution in [1.29, 1.82) is 0 Å². The van der Waals surface area contributed by atoms with E-state index in [0.717, 1.165) is 5.56 Å². The molecule has 3 nitrogen and oxygen atoms in total. The van der Waals surface area contributed by atoms with E-state index in [0.29, 0.717) is 5.65 Å². The normalized spacial score (nSPS) is 11.4. The first kappa shape index (κ1) is 8.10. The third kappa shape index (κ3) is 1.26. The maximum absolute atomic E-state index is 12.3. The standard InChI is InChI=1S/C8H7F2N3/c1-5-2-3-6-11-12-8(7(9)10)13(6)4-5/h2-4,7H,1H3. The lowest BCUT2D eigenvalue weighted by atomic mass is 10.3. The van der Waals surface area contributed by atoms with Crippen molar-refractivity contribution in [3.63, 3.8) is 0 Å². The topological polar surface area (TPSA) is 30.2 Å². The molecule has 0 N–H and O–H groups in total. The first-order valence-corrected chi connectivity index (χ1v) is 3.78. The van der Waals surface area contributed by atoms with E-state index in [1.165, 1.54) is 4.40 Å². The Bertz CT molecular complexity index is 436. The van der Waals surface area contributed by atoms with Crippen molar-refractivity contribution >= 4 is 5.65 Å². The van der Waals surface area contributed by atoms with Crippen LogP contribution in [-0.2, 0) is 0 Å². The zero-order valence-electron chi connectivity index (χ0n) is 6.91. The van der Waals surface area contributed by atoms with Gasteiger partial charge in [0, 0.05) is 6.20 Å². The molecular weight excluding hydrogens is 176 g/mol. The number of fused-ring (bicyclic) bond motifs is 1. The molecule has 0 aliphatic rings. The maximum Gasteiger partial charge on any atom is 0.297 e. The van der Waals surface area contributed by atoms with Gasteiger partial charge < -0.3 is 0 Å². The van der Waals surface area contributed by atoms with Gasteiger partial charge in [0.1, 0.15) is 0 Å². The second-order valence-electron chi connectivity index (χ2n) is 2.79. The van der Waals surface area contributed by atoms with Crippen LogP contribution >= 0.6 is 0 Å². The summed E-state index contributed by atoms with van der Waals surface area (Å²) in [4.78, 5) is 0. The molecule has 0 aliphatic carbocycles. The molecule has 0 saturated carbocycles. The molecule has 5 heteroatoms. The van der Waals surface area contributed by atoms with E-state index in [1.807, 2.05) is 6.92 Å². The van der Waals surface area contributed by atoms with Gasteiger partial charge in [0.25, 0.3) is 6.43 Å². The van der Waals surface area contributed by atoms with E-state index in [2.05, 4.69) is 10.2 Å². The zero-order chi connectivity index (χ0) is 9.42. The van der Waals surface area contributed by atoms with Crippen molar-refractivity contribution in [3.8, 4) is 0 Å². The van der Waals surface area contributed by atoms with Crippen molar-refractivity contribution in [2.45, 2.75) is 13.3 Å². The molecule has 0 fully saturated rings. The lowest BCUT2D eigenvalue weighted by Gasteiger charge is -1.98. The molecule has 2 aromatic rings. The van der Waals surface area contributed by atoms with Gasteiger partial charge >= 0.3 is 0 Å². The summed E-state index contributed by atoms with van der Waals surface area (Å²) < 4.78 is 26.0. The Labute approximate surface area is 73.0 Å². The van der Waals surface area contributed by atoms with Crippen LogP contribution in [0, 0.1) is 6.92 Å². The van der Waals surface area contributed by atoms with E-state index in [4.69, 9.17) is 0 Å². The van der Waals surface area contributed by atoms with Crippen LogP contribution in [0.15, 0.2) is 18.3 Å². The van der Waals surface area contributed by atoms with Crippen LogP contribution in [0.25, 0.3) is 5.65 Å². The number of nitrogens with zero attached hydrogens (tertiary/aromatic N) is 3. The smallest absolute Gasteiger partial charge is 0.281 e. The second kappa shape index (κ2) is 2.76. The fraction of sp³-hybridized carbons (Fsp3) is 0.250. The Morgan fingerprint density at radius 2 is 2.08 bits per heavy atom. The highest BCUT2D eigenvalue weighted by molar-refractivity contribution is 5.39. The summed E-state index contributed by atoms with van der Waals surface area (Å²) in [7, 11) is 0. The lowest BCUT2D eigenvalue weighted by Crippen LogP contribution is -1.94. The number of aryl methyl sites for hydroxylation is 1. The Morgan fingerprint density at radius 1 is 1.31 bits per heavy atom. The van der Waals surface area contributed by atoms with Gasteiger partial charge in [-0.2, -0.15) is 0 Å². The van der Waals surface area contributed by atoms with Gasteiger partial charge in [-0.1, -0.05) is 6.07 Å². The summed E-state index contributed by atoms with van der Waals surface area (Å²) in [6.07, 6.45) is -0.992. The number of alkyl halides is 2. The average Bonchev–Trinajstić information content (AvgIpc) is 2.46. The molecule has 0 amide bonds. The Morgan fingerprint density at radius 3 is 2.77 bits per heavy atom. The summed E-state index contributed by atoms with van der Waals surface area (Å²) in [5.41, 5.74) is 1.34. The average molecular weight is 183 g/mol. The Hall–Kier alpha value is -1.52. The number of aromatic nitrogens is 3. The van der Waals surface area contributed by atoms with Gasteiger partial charge in [-0.15, -0.1) is 10.2 Å². The fourth-order valence-corrected chi connectivity index (χ4v) is 1.16. The summed E-state index contributed by atoms with van der Waals surface area (Å²) in [6.45, 7) is 1.83. The predicted molar refractivity (Wildman–Crippen MR) is 42.7 cm³/mol. The molecule has 0 atom stereocenters. The largest absolute Gasteiger partial charge is 0.297 e. The number of hydrogen-bond donors (Lipinski definition) is 0.